The molecule has 0 rings (SSSR count). The zero-order valence-corrected chi connectivity index (χ0v) is 18.2. The van der Waals surface area contributed by atoms with Crippen molar-refractivity contribution in [2.75, 3.05) is 0 Å². The Morgan fingerprint density at radius 2 is 0.242 bits per heavy atom. The van der Waals surface area contributed by atoms with Crippen molar-refractivity contribution in [1.29, 1.82) is 0 Å². The molecule has 0 bridgehead atoms. The molecule has 0 aliphatic carbocycles. The van der Waals surface area contributed by atoms with Gasteiger partial charge in [0, 0.05) is 0 Å². The topological polar surface area (TPSA) is 937 Å². The van der Waals surface area contributed by atoms with Gasteiger partial charge in [0.2, 0.25) is 0 Å². The number of hydrogen-bond acceptors (Lipinski definition) is 4. The van der Waals surface area contributed by atoms with E-state index in [9.17, 15) is 0 Å². The van der Waals surface area contributed by atoms with Gasteiger partial charge in [-0.15, -0.1) is 0 Å². The molecule has 0 saturated carbocycles. The van der Waals surface area contributed by atoms with Crippen LogP contribution in [-0.4, -0.2) is 165 Å². The van der Waals surface area contributed by atoms with E-state index in [1.54, 1.807) is 0 Å². The molecule has 248 valence electrons. The van der Waals surface area contributed by atoms with Crippen molar-refractivity contribution >= 4 is 25.2 Å². The van der Waals surface area contributed by atoms with Crippen LogP contribution >= 0.6 is 7.82 Å². The van der Waals surface area contributed by atoms with E-state index in [0.717, 1.165) is 0 Å². The smallest absolute Gasteiger partial charge is 0.822 e. The molecule has 0 unspecified atom stereocenters. The van der Waals surface area contributed by atoms with Gasteiger partial charge >= 0.3 is 17.4 Å². The van der Waals surface area contributed by atoms with Crippen LogP contribution in [0, 0.1) is 0 Å². The van der Waals surface area contributed by atoms with Gasteiger partial charge in [-0.3, -0.25) is 0 Å². The Balaban J connectivity index is -0.000000000212. The molecular weight excluding hydrogens is 554 g/mol. The summed E-state index contributed by atoms with van der Waals surface area (Å²) in [6, 6.07) is 0. The van der Waals surface area contributed by atoms with Crippen LogP contribution in [0.3, 0.4) is 0 Å². The van der Waals surface area contributed by atoms with Gasteiger partial charge < -0.3 is 167 Å². The van der Waals surface area contributed by atoms with Crippen molar-refractivity contribution < 1.29 is 167 Å². The van der Waals surface area contributed by atoms with E-state index >= 15 is 0 Å². The third kappa shape index (κ3) is 144000. The van der Waals surface area contributed by atoms with Crippen molar-refractivity contribution in [1.82, 2.24) is 0 Å². The molecule has 0 aliphatic heterocycles. The first-order valence-electron chi connectivity index (χ1n) is 0.730. The van der Waals surface area contributed by atoms with E-state index < -0.39 is 7.82 Å². The van der Waals surface area contributed by atoms with Crippen LogP contribution in [0.2, 0.25) is 0 Å². The third-order valence-electron chi connectivity index (χ3n) is 0. The maximum Gasteiger partial charge on any atom is 3.00 e. The average Bonchev–Trinajstić information content (AvgIpc) is 0.722. The van der Waals surface area contributed by atoms with Gasteiger partial charge in [0.1, 0.15) is 0 Å². The van der Waals surface area contributed by atoms with E-state index in [1.807, 2.05) is 0 Å². The van der Waals surface area contributed by atoms with Gasteiger partial charge in [-0.1, -0.05) is 0 Å². The van der Waals surface area contributed by atoms with Crippen LogP contribution in [0.1, 0.15) is 0 Å². The molecule has 31 nitrogen and oxygen atoms in total. The zero-order valence-electron chi connectivity index (χ0n) is 16.2. The molecule has 0 saturated heterocycles. The van der Waals surface area contributed by atoms with Crippen molar-refractivity contribution in [3.63, 3.8) is 0 Å². The Morgan fingerprint density at radius 1 is 0.242 bits per heavy atom. The summed E-state index contributed by atoms with van der Waals surface area (Å²) < 4.78 is 8.55. The normalized spacial score (nSPS) is 1.79. The van der Waals surface area contributed by atoms with E-state index in [0.29, 0.717) is 0 Å². The summed E-state index contributed by atoms with van der Waals surface area (Å²) in [5.74, 6) is 0. The molecule has 0 aromatic rings. The van der Waals surface area contributed by atoms with E-state index in [1.165, 1.54) is 0 Å². The number of rotatable bonds is 0. The Morgan fingerprint density at radius 3 is 0.242 bits per heavy atom. The van der Waals surface area contributed by atoms with E-state index in [2.05, 4.69) is 0 Å². The second kappa shape index (κ2) is 953. The Bertz CT molecular complexity index is 59.1. The van der Waals surface area contributed by atoms with Gasteiger partial charge in [-0.05, 0) is 0 Å². The van der Waals surface area contributed by atoms with Gasteiger partial charge in [0.25, 0.3) is 0 Å². The second-order valence-corrected chi connectivity index (χ2v) is 1.34. The minimum Gasteiger partial charge on any atom is -0.822 e. The summed E-state index contributed by atoms with van der Waals surface area (Å²) in [5, 5.41) is 0. The van der Waals surface area contributed by atoms with E-state index in [-0.39, 0.29) is 165 Å². The van der Waals surface area contributed by atoms with Gasteiger partial charge in [0.05, 0.1) is 0 Å². The summed E-state index contributed by atoms with van der Waals surface area (Å²) in [5.41, 5.74) is 0. The fourth-order valence-electron chi connectivity index (χ4n) is 0. The van der Waals surface area contributed by atoms with Crippen LogP contribution in [0.15, 0.2) is 0 Å². The van der Waals surface area contributed by atoms with Crippen LogP contribution in [-0.2, 0) is 4.57 Å². The number of phosphoric acid groups is 1. The summed E-state index contributed by atoms with van der Waals surface area (Å²) in [7, 11) is -5.39. The van der Waals surface area contributed by atoms with Crippen molar-refractivity contribution in [3.8, 4) is 0 Å². The SMILES string of the molecule is O.O.O.O.O.O.O.O.O.O.O.O.O.O.O.O.O.O.O.O.O.O.O.O.O.O.O.O=P([O-])([O-])[O-].[Al+3]. The molecule has 33 heavy (non-hydrogen) atoms. The summed E-state index contributed by atoms with van der Waals surface area (Å²) in [6.07, 6.45) is 0. The molecule has 0 aliphatic rings. The quantitative estimate of drug-likeness (QED) is 0.191. The largest absolute Gasteiger partial charge is 3.00 e. The van der Waals surface area contributed by atoms with Crippen molar-refractivity contribution in [2.24, 2.45) is 0 Å². The predicted octanol–water partition coefficient (Wildman–Crippen LogP) is -25.5. The summed E-state index contributed by atoms with van der Waals surface area (Å²) in [4.78, 5) is 25.6. The maximum atomic E-state index is 8.55. The van der Waals surface area contributed by atoms with Gasteiger partial charge in [0.15, 0.2) is 0 Å². The van der Waals surface area contributed by atoms with Crippen LogP contribution in [0.4, 0.5) is 0 Å². The molecule has 0 spiro atoms. The fraction of sp³-hybridized carbons (Fsp3) is 0. The van der Waals surface area contributed by atoms with Crippen LogP contribution in [0.5, 0.6) is 0 Å². The Kier molecular flexibility index (Phi) is 73800. The minimum absolute atomic E-state index is 0. The first-order valence-corrected chi connectivity index (χ1v) is 2.19. The van der Waals surface area contributed by atoms with Crippen LogP contribution in [0.25, 0.3) is 0 Å². The first-order chi connectivity index (χ1) is 2.00. The molecule has 33 heteroatoms. The molecule has 0 amide bonds. The molecule has 0 atom stereocenters. The number of hydrogen-bond donors (Lipinski definition) is 0. The van der Waals surface area contributed by atoms with Crippen LogP contribution < -0.4 is 14.7 Å². The standard InChI is InChI=1S/Al.H3O4P.27H2O/c;1-5(2,3)4;;;;;;;;;;;;;;;;;;;;;;;;;;;/h;(H3,1,2,3,4);27*1H2/q+3;;;;;;;;;;;;;;;;;;;;;;;;;;;;/p-3. The summed E-state index contributed by atoms with van der Waals surface area (Å²) in [6.45, 7) is 0. The Hall–Kier alpha value is -0.438. The predicted molar refractivity (Wildman–Crippen MR) is 111 cm³/mol. The molecule has 0 aromatic carbocycles. The first kappa shape index (κ1) is 2560. The molecule has 0 heterocycles. The molecular formula is H54AlO31P. The van der Waals surface area contributed by atoms with Gasteiger partial charge in [-0.25, -0.2) is 0 Å². The molecule has 0 radical (unpaired) electrons. The Labute approximate surface area is 193 Å². The van der Waals surface area contributed by atoms with Gasteiger partial charge in [-0.2, -0.15) is 7.82 Å². The van der Waals surface area contributed by atoms with E-state index in [4.69, 9.17) is 19.2 Å². The molecule has 0 fully saturated rings. The second-order valence-electron chi connectivity index (χ2n) is 0.447. The zero-order chi connectivity index (χ0) is 4.50. The monoisotopic (exact) mass is 608 g/mol. The molecule has 0 aromatic heterocycles. The average molecular weight is 608 g/mol. The summed E-state index contributed by atoms with van der Waals surface area (Å²) >= 11 is 0. The van der Waals surface area contributed by atoms with Crippen molar-refractivity contribution in [3.05, 3.63) is 0 Å². The maximum absolute atomic E-state index is 8.55. The fourth-order valence-corrected chi connectivity index (χ4v) is 0. The third-order valence-corrected chi connectivity index (χ3v) is 0. The molecule has 54 N–H and O–H groups in total. The van der Waals surface area contributed by atoms with Crippen molar-refractivity contribution in [2.45, 2.75) is 0 Å². The minimum atomic E-state index is -5.39.